The van der Waals surface area contributed by atoms with Crippen LogP contribution in [-0.2, 0) is 0 Å². The smallest absolute Gasteiger partial charge is 0.0796 e. The highest BCUT2D eigenvalue weighted by Crippen LogP contribution is 2.16. The molecule has 0 radical (unpaired) electrons. The lowest BCUT2D eigenvalue weighted by Gasteiger charge is -2.15. The molecule has 2 unspecified atom stereocenters. The number of unbranched alkanes of at least 4 members (excludes halogenated alkanes) is 11. The summed E-state index contributed by atoms with van der Waals surface area (Å²) >= 11 is 0. The van der Waals surface area contributed by atoms with E-state index >= 15 is 0 Å². The van der Waals surface area contributed by atoms with Gasteiger partial charge in [0.15, 0.2) is 0 Å². The lowest BCUT2D eigenvalue weighted by atomic mass is 9.97. The number of rotatable bonds is 15. The lowest BCUT2D eigenvalue weighted by Crippen LogP contribution is -2.21. The molecule has 2 N–H and O–H groups in total. The molecule has 0 bridgehead atoms. The largest absolute Gasteiger partial charge is 0.394 e. The van der Waals surface area contributed by atoms with Crippen LogP contribution in [0.1, 0.15) is 97.3 Å². The van der Waals surface area contributed by atoms with E-state index in [2.05, 4.69) is 6.92 Å². The quantitative estimate of drug-likeness (QED) is 0.413. The normalized spacial score (nSPS) is 14.4. The van der Waals surface area contributed by atoms with Crippen LogP contribution in [0.15, 0.2) is 0 Å². The van der Waals surface area contributed by atoms with E-state index < -0.39 is 6.10 Å². The summed E-state index contributed by atoms with van der Waals surface area (Å²) in [6, 6.07) is 0. The molecule has 122 valence electrons. The van der Waals surface area contributed by atoms with Crippen LogP contribution in [0.2, 0.25) is 0 Å². The highest BCUT2D eigenvalue weighted by atomic mass is 16.3. The summed E-state index contributed by atoms with van der Waals surface area (Å²) in [5.41, 5.74) is 0. The fourth-order valence-corrected chi connectivity index (χ4v) is 2.68. The molecule has 2 nitrogen and oxygen atoms in total. The second kappa shape index (κ2) is 15.3. The van der Waals surface area contributed by atoms with Crippen LogP contribution in [0.4, 0.5) is 0 Å². The highest BCUT2D eigenvalue weighted by Gasteiger charge is 2.11. The molecule has 2 heteroatoms. The Kier molecular flexibility index (Phi) is 15.3. The molecule has 0 aliphatic rings. The molecule has 0 saturated heterocycles. The molecule has 2 atom stereocenters. The number of hydrogen-bond donors (Lipinski definition) is 2. The molecule has 0 aliphatic heterocycles. The third kappa shape index (κ3) is 12.9. The monoisotopic (exact) mass is 286 g/mol. The van der Waals surface area contributed by atoms with Gasteiger partial charge >= 0.3 is 0 Å². The molecular formula is C18H38O2. The van der Waals surface area contributed by atoms with Gasteiger partial charge in [0.2, 0.25) is 0 Å². The average molecular weight is 286 g/mol. The van der Waals surface area contributed by atoms with Crippen molar-refractivity contribution in [2.24, 2.45) is 5.92 Å². The van der Waals surface area contributed by atoms with Crippen molar-refractivity contribution in [1.29, 1.82) is 0 Å². The zero-order valence-electron chi connectivity index (χ0n) is 13.9. The Morgan fingerprint density at radius 3 is 1.50 bits per heavy atom. The fourth-order valence-electron chi connectivity index (χ4n) is 2.68. The first-order valence-electron chi connectivity index (χ1n) is 9.01. The molecule has 0 aromatic heterocycles. The SMILES string of the molecule is CCCCCCCCCCCCCCC(C)C(O)CO. The van der Waals surface area contributed by atoms with Gasteiger partial charge in [-0.15, -0.1) is 0 Å². The predicted molar refractivity (Wildman–Crippen MR) is 88.0 cm³/mol. The van der Waals surface area contributed by atoms with Gasteiger partial charge in [-0.3, -0.25) is 0 Å². The lowest BCUT2D eigenvalue weighted by molar-refractivity contribution is 0.0495. The number of aliphatic hydroxyl groups is 2. The van der Waals surface area contributed by atoms with Gasteiger partial charge < -0.3 is 10.2 Å². The topological polar surface area (TPSA) is 40.5 Å². The maximum atomic E-state index is 9.45. The zero-order chi connectivity index (χ0) is 15.1. The van der Waals surface area contributed by atoms with Gasteiger partial charge in [0.05, 0.1) is 12.7 Å². The molecule has 0 aromatic carbocycles. The summed E-state index contributed by atoms with van der Waals surface area (Å²) < 4.78 is 0. The minimum atomic E-state index is -0.525. The minimum absolute atomic E-state index is 0.0978. The Balaban J connectivity index is 3.10. The summed E-state index contributed by atoms with van der Waals surface area (Å²) in [4.78, 5) is 0. The molecule has 0 saturated carbocycles. The predicted octanol–water partition coefficient (Wildman–Crippen LogP) is 5.07. The average Bonchev–Trinajstić information content (AvgIpc) is 2.47. The molecule has 0 fully saturated rings. The van der Waals surface area contributed by atoms with Crippen LogP contribution in [-0.4, -0.2) is 22.9 Å². The molecule has 0 aromatic rings. The van der Waals surface area contributed by atoms with E-state index in [4.69, 9.17) is 5.11 Å². The highest BCUT2D eigenvalue weighted by molar-refractivity contribution is 4.63. The Morgan fingerprint density at radius 2 is 1.10 bits per heavy atom. The van der Waals surface area contributed by atoms with Crippen molar-refractivity contribution in [2.45, 2.75) is 103 Å². The van der Waals surface area contributed by atoms with E-state index in [9.17, 15) is 5.11 Å². The molecule has 0 rings (SSSR count). The van der Waals surface area contributed by atoms with Gasteiger partial charge in [-0.2, -0.15) is 0 Å². The maximum Gasteiger partial charge on any atom is 0.0796 e. The molecule has 0 amide bonds. The maximum absolute atomic E-state index is 9.45. The van der Waals surface area contributed by atoms with Crippen LogP contribution < -0.4 is 0 Å². The van der Waals surface area contributed by atoms with Gasteiger partial charge in [-0.05, 0) is 12.3 Å². The van der Waals surface area contributed by atoms with E-state index in [1.165, 1.54) is 77.0 Å². The summed E-state index contributed by atoms with van der Waals surface area (Å²) in [6.07, 6.45) is 16.9. The summed E-state index contributed by atoms with van der Waals surface area (Å²) in [6.45, 7) is 4.20. The van der Waals surface area contributed by atoms with E-state index in [1.54, 1.807) is 0 Å². The fraction of sp³-hybridized carbons (Fsp3) is 1.00. The van der Waals surface area contributed by atoms with Crippen molar-refractivity contribution >= 4 is 0 Å². The van der Waals surface area contributed by atoms with Gasteiger partial charge in [0, 0.05) is 0 Å². The van der Waals surface area contributed by atoms with Crippen molar-refractivity contribution in [1.82, 2.24) is 0 Å². The first-order chi connectivity index (χ1) is 9.72. The first kappa shape index (κ1) is 19.9. The third-order valence-corrected chi connectivity index (χ3v) is 4.36. The molecule has 20 heavy (non-hydrogen) atoms. The van der Waals surface area contributed by atoms with Crippen LogP contribution in [0, 0.1) is 5.92 Å². The van der Waals surface area contributed by atoms with Crippen molar-refractivity contribution in [2.75, 3.05) is 6.61 Å². The third-order valence-electron chi connectivity index (χ3n) is 4.36. The van der Waals surface area contributed by atoms with Crippen molar-refractivity contribution in [3.8, 4) is 0 Å². The summed E-state index contributed by atoms with van der Waals surface area (Å²) in [5.74, 6) is 0.239. The Labute approximate surface area is 127 Å². The van der Waals surface area contributed by atoms with Gasteiger partial charge in [-0.25, -0.2) is 0 Å². The summed E-state index contributed by atoms with van der Waals surface area (Å²) in [7, 11) is 0. The van der Waals surface area contributed by atoms with Crippen LogP contribution >= 0.6 is 0 Å². The van der Waals surface area contributed by atoms with Gasteiger partial charge in [-0.1, -0.05) is 90.9 Å². The van der Waals surface area contributed by atoms with Crippen LogP contribution in [0.25, 0.3) is 0 Å². The molecular weight excluding hydrogens is 248 g/mol. The Hall–Kier alpha value is -0.0800. The standard InChI is InChI=1S/C18H38O2/c1-3-4-5-6-7-8-9-10-11-12-13-14-15-17(2)18(20)16-19/h17-20H,3-16H2,1-2H3. The van der Waals surface area contributed by atoms with Crippen LogP contribution in [0.3, 0.4) is 0 Å². The molecule has 0 aliphatic carbocycles. The van der Waals surface area contributed by atoms with Gasteiger partial charge in [0.25, 0.3) is 0 Å². The summed E-state index contributed by atoms with van der Waals surface area (Å²) in [5, 5.41) is 18.3. The second-order valence-electron chi connectivity index (χ2n) is 6.40. The van der Waals surface area contributed by atoms with E-state index in [1.807, 2.05) is 6.92 Å². The molecule has 0 heterocycles. The van der Waals surface area contributed by atoms with E-state index in [0.29, 0.717) is 0 Å². The molecule has 0 spiro atoms. The Bertz CT molecular complexity index is 182. The second-order valence-corrected chi connectivity index (χ2v) is 6.40. The Morgan fingerprint density at radius 1 is 0.700 bits per heavy atom. The zero-order valence-corrected chi connectivity index (χ0v) is 13.9. The number of hydrogen-bond acceptors (Lipinski definition) is 2. The van der Waals surface area contributed by atoms with Gasteiger partial charge in [0.1, 0.15) is 0 Å². The van der Waals surface area contributed by atoms with Crippen molar-refractivity contribution in [3.05, 3.63) is 0 Å². The van der Waals surface area contributed by atoms with Crippen LogP contribution in [0.5, 0.6) is 0 Å². The van der Waals surface area contributed by atoms with E-state index in [0.717, 1.165) is 6.42 Å². The number of aliphatic hydroxyl groups excluding tert-OH is 2. The van der Waals surface area contributed by atoms with E-state index in [-0.39, 0.29) is 12.5 Å². The van der Waals surface area contributed by atoms with Crippen molar-refractivity contribution < 1.29 is 10.2 Å². The van der Waals surface area contributed by atoms with Crippen molar-refractivity contribution in [3.63, 3.8) is 0 Å². The first-order valence-corrected chi connectivity index (χ1v) is 9.01. The minimum Gasteiger partial charge on any atom is -0.394 e.